The average Bonchev–Trinajstić information content (AvgIpc) is 2.74. The van der Waals surface area contributed by atoms with Crippen molar-refractivity contribution in [2.45, 2.75) is 53.1 Å². The second-order valence-electron chi connectivity index (χ2n) is 5.67. The molecule has 20 heavy (non-hydrogen) atoms. The van der Waals surface area contributed by atoms with Crippen LogP contribution in [0.15, 0.2) is 24.3 Å². The van der Waals surface area contributed by atoms with Crippen LogP contribution in [0.2, 0.25) is 0 Å². The number of nitrogens with zero attached hydrogens (tertiary/aromatic N) is 1. The minimum atomic E-state index is 0.359. The number of hydrogen-bond acceptors (Lipinski definition) is 3. The monoisotopic (exact) mass is 288 g/mol. The fourth-order valence-electron chi connectivity index (χ4n) is 2.27. The maximum atomic E-state index is 4.47. The van der Waals surface area contributed by atoms with Crippen molar-refractivity contribution < 1.29 is 0 Å². The van der Waals surface area contributed by atoms with E-state index in [9.17, 15) is 0 Å². The Hall–Kier alpha value is -1.19. The van der Waals surface area contributed by atoms with Gasteiger partial charge in [0.25, 0.3) is 0 Å². The number of nitrogens with one attached hydrogen (secondary N) is 1. The van der Waals surface area contributed by atoms with E-state index < -0.39 is 0 Å². The molecule has 108 valence electrons. The Bertz CT molecular complexity index is 555. The smallest absolute Gasteiger partial charge is 0.0900 e. The summed E-state index contributed by atoms with van der Waals surface area (Å²) in [6.45, 7) is 11.7. The third kappa shape index (κ3) is 3.68. The first kappa shape index (κ1) is 15.2. The summed E-state index contributed by atoms with van der Waals surface area (Å²) in [7, 11) is 0. The van der Waals surface area contributed by atoms with Crippen LogP contribution in [0.3, 0.4) is 0 Å². The van der Waals surface area contributed by atoms with E-state index in [0.717, 1.165) is 17.2 Å². The molecule has 1 aromatic carbocycles. The molecule has 0 fully saturated rings. The van der Waals surface area contributed by atoms with Crippen LogP contribution in [0.1, 0.15) is 59.4 Å². The van der Waals surface area contributed by atoms with Crippen LogP contribution in [-0.2, 0) is 6.54 Å². The molecule has 0 radical (unpaired) electrons. The van der Waals surface area contributed by atoms with E-state index in [-0.39, 0.29) is 0 Å². The summed E-state index contributed by atoms with van der Waals surface area (Å²) in [5.74, 6) is 0.593. The second-order valence-corrected chi connectivity index (χ2v) is 6.95. The largest absolute Gasteiger partial charge is 0.305 e. The van der Waals surface area contributed by atoms with Gasteiger partial charge in [-0.05, 0) is 37.8 Å². The molecule has 1 aromatic heterocycles. The van der Waals surface area contributed by atoms with Crippen LogP contribution < -0.4 is 5.32 Å². The molecular weight excluding hydrogens is 264 g/mol. The number of aromatic nitrogens is 1. The molecule has 1 N–H and O–H groups in total. The van der Waals surface area contributed by atoms with E-state index in [0.29, 0.717) is 12.0 Å². The van der Waals surface area contributed by atoms with Crippen LogP contribution in [0.4, 0.5) is 0 Å². The second kappa shape index (κ2) is 6.51. The van der Waals surface area contributed by atoms with E-state index in [1.54, 1.807) is 11.3 Å². The molecular formula is C17H24N2S. The van der Waals surface area contributed by atoms with Gasteiger partial charge >= 0.3 is 0 Å². The average molecular weight is 288 g/mol. The van der Waals surface area contributed by atoms with Gasteiger partial charge in [0.1, 0.15) is 0 Å². The van der Waals surface area contributed by atoms with Crippen molar-refractivity contribution >= 4 is 11.3 Å². The molecule has 0 spiro atoms. The molecule has 0 saturated heterocycles. The zero-order valence-corrected chi connectivity index (χ0v) is 13.8. The van der Waals surface area contributed by atoms with Crippen molar-refractivity contribution in [3.63, 3.8) is 0 Å². The molecule has 0 bridgehead atoms. The zero-order valence-electron chi connectivity index (χ0n) is 13.0. The summed E-state index contributed by atoms with van der Waals surface area (Å²) in [4.78, 5) is 5.81. The molecule has 1 heterocycles. The van der Waals surface area contributed by atoms with Gasteiger partial charge in [0, 0.05) is 17.5 Å². The molecule has 0 saturated carbocycles. The summed E-state index contributed by atoms with van der Waals surface area (Å²) in [6, 6.07) is 9.30. The third-order valence-corrected chi connectivity index (χ3v) is 4.74. The first-order chi connectivity index (χ1) is 9.47. The van der Waals surface area contributed by atoms with Crippen LogP contribution in [0.25, 0.3) is 0 Å². The molecule has 3 heteroatoms. The van der Waals surface area contributed by atoms with Gasteiger partial charge < -0.3 is 5.32 Å². The molecule has 2 nitrogen and oxygen atoms in total. The Morgan fingerprint density at radius 2 is 1.65 bits per heavy atom. The number of thiazole rings is 1. The normalized spacial score (nSPS) is 12.9. The lowest BCUT2D eigenvalue weighted by atomic mass is 9.99. The highest BCUT2D eigenvalue weighted by molar-refractivity contribution is 7.11. The Labute approximate surface area is 126 Å². The predicted molar refractivity (Wildman–Crippen MR) is 87.4 cm³/mol. The van der Waals surface area contributed by atoms with E-state index in [1.165, 1.54) is 16.0 Å². The molecule has 0 amide bonds. The summed E-state index contributed by atoms with van der Waals surface area (Å²) in [6.07, 6.45) is 0. The van der Waals surface area contributed by atoms with Crippen LogP contribution >= 0.6 is 11.3 Å². The summed E-state index contributed by atoms with van der Waals surface area (Å²) < 4.78 is 0. The molecule has 0 aliphatic carbocycles. The zero-order chi connectivity index (χ0) is 14.7. The number of hydrogen-bond donors (Lipinski definition) is 1. The molecule has 0 aliphatic rings. The van der Waals surface area contributed by atoms with E-state index >= 15 is 0 Å². The van der Waals surface area contributed by atoms with Gasteiger partial charge in [0.2, 0.25) is 0 Å². The van der Waals surface area contributed by atoms with E-state index in [4.69, 9.17) is 0 Å². The molecule has 2 aromatic rings. The minimum Gasteiger partial charge on any atom is -0.305 e. The summed E-state index contributed by atoms with van der Waals surface area (Å²) >= 11 is 1.78. The lowest BCUT2D eigenvalue weighted by molar-refractivity contribution is 0.577. The SMILES string of the molecule is Cc1nc(C)c(CNC(C)c2ccc(C(C)C)cc2)s1. The van der Waals surface area contributed by atoms with E-state index in [2.05, 4.69) is 69.2 Å². The van der Waals surface area contributed by atoms with Gasteiger partial charge in [0.05, 0.1) is 10.7 Å². The predicted octanol–water partition coefficient (Wildman–Crippen LogP) is 4.73. The molecule has 1 atom stereocenters. The topological polar surface area (TPSA) is 24.9 Å². The fraction of sp³-hybridized carbons (Fsp3) is 0.471. The first-order valence-electron chi connectivity index (χ1n) is 7.23. The van der Waals surface area contributed by atoms with Crippen molar-refractivity contribution in [2.24, 2.45) is 0 Å². The molecule has 0 aliphatic heterocycles. The maximum absolute atomic E-state index is 4.47. The standard InChI is InChI=1S/C17H24N2S/c1-11(2)15-6-8-16(9-7-15)12(3)18-10-17-13(4)19-14(5)20-17/h6-9,11-12,18H,10H2,1-5H3. The number of rotatable bonds is 5. The van der Waals surface area contributed by atoms with Crippen molar-refractivity contribution in [1.29, 1.82) is 0 Å². The lowest BCUT2D eigenvalue weighted by Crippen LogP contribution is -2.18. The maximum Gasteiger partial charge on any atom is 0.0900 e. The first-order valence-corrected chi connectivity index (χ1v) is 8.05. The van der Waals surface area contributed by atoms with Gasteiger partial charge in [-0.2, -0.15) is 0 Å². The quantitative estimate of drug-likeness (QED) is 0.860. The summed E-state index contributed by atoms with van der Waals surface area (Å²) in [5, 5.41) is 4.73. The number of aryl methyl sites for hydroxylation is 2. The Morgan fingerprint density at radius 1 is 1.05 bits per heavy atom. The molecule has 2 rings (SSSR count). The fourth-order valence-corrected chi connectivity index (χ4v) is 3.16. The van der Waals surface area contributed by atoms with Gasteiger partial charge in [-0.25, -0.2) is 4.98 Å². The van der Waals surface area contributed by atoms with Gasteiger partial charge in [-0.3, -0.25) is 0 Å². The Kier molecular flexibility index (Phi) is 4.95. The Balaban J connectivity index is 1.97. The van der Waals surface area contributed by atoms with Crippen molar-refractivity contribution in [3.05, 3.63) is 51.0 Å². The highest BCUT2D eigenvalue weighted by Gasteiger charge is 2.09. The summed E-state index contributed by atoms with van der Waals surface area (Å²) in [5.41, 5.74) is 3.89. The number of benzene rings is 1. The van der Waals surface area contributed by atoms with Crippen LogP contribution in [0, 0.1) is 13.8 Å². The van der Waals surface area contributed by atoms with Crippen molar-refractivity contribution in [1.82, 2.24) is 10.3 Å². The van der Waals surface area contributed by atoms with Crippen LogP contribution in [0.5, 0.6) is 0 Å². The molecule has 1 unspecified atom stereocenters. The van der Waals surface area contributed by atoms with Gasteiger partial charge in [-0.15, -0.1) is 11.3 Å². The lowest BCUT2D eigenvalue weighted by Gasteiger charge is -2.15. The van der Waals surface area contributed by atoms with Crippen molar-refractivity contribution in [2.75, 3.05) is 0 Å². The minimum absolute atomic E-state index is 0.359. The van der Waals surface area contributed by atoms with Gasteiger partial charge in [0.15, 0.2) is 0 Å². The van der Waals surface area contributed by atoms with Crippen molar-refractivity contribution in [3.8, 4) is 0 Å². The highest BCUT2D eigenvalue weighted by Crippen LogP contribution is 2.21. The third-order valence-electron chi connectivity index (χ3n) is 3.67. The highest BCUT2D eigenvalue weighted by atomic mass is 32.1. The van der Waals surface area contributed by atoms with E-state index in [1.807, 2.05) is 0 Å². The Morgan fingerprint density at radius 3 is 2.15 bits per heavy atom. The van der Waals surface area contributed by atoms with Crippen LogP contribution in [-0.4, -0.2) is 4.98 Å². The van der Waals surface area contributed by atoms with Gasteiger partial charge in [-0.1, -0.05) is 38.1 Å².